The van der Waals surface area contributed by atoms with Gasteiger partial charge in [0.25, 0.3) is 0 Å². The topological polar surface area (TPSA) is 57.8 Å². The van der Waals surface area contributed by atoms with Gasteiger partial charge < -0.3 is 10.3 Å². The number of aromatic nitrogens is 2. The molecule has 1 heterocycles. The van der Waals surface area contributed by atoms with E-state index < -0.39 is 0 Å². The average Bonchev–Trinajstić information content (AvgIpc) is 2.69. The molecule has 0 saturated heterocycles. The minimum atomic E-state index is -0.0894. The van der Waals surface area contributed by atoms with Crippen LogP contribution in [0.2, 0.25) is 0 Å². The van der Waals surface area contributed by atoms with E-state index in [9.17, 15) is 4.79 Å². The van der Waals surface area contributed by atoms with Gasteiger partial charge in [0.2, 0.25) is 5.91 Å². The number of carbonyl (C=O) groups excluding carboxylic acids is 1. The van der Waals surface area contributed by atoms with Gasteiger partial charge in [-0.25, -0.2) is 4.98 Å². The van der Waals surface area contributed by atoms with Crippen molar-refractivity contribution in [3.05, 3.63) is 30.4 Å². The van der Waals surface area contributed by atoms with Gasteiger partial charge in [0.1, 0.15) is 5.82 Å². The molecule has 1 aromatic heterocycles. The number of aromatic amines is 1. The summed E-state index contributed by atoms with van der Waals surface area (Å²) < 4.78 is 0. The average molecular weight is 207 g/mol. The number of H-pyrrole nitrogens is 1. The van der Waals surface area contributed by atoms with Crippen LogP contribution >= 0.6 is 0 Å². The maximum atomic E-state index is 11.4. The fourth-order valence-corrected chi connectivity index (χ4v) is 1.25. The molecule has 0 fully saturated rings. The molecule has 4 nitrogen and oxygen atoms in total. The van der Waals surface area contributed by atoms with Gasteiger partial charge in [-0.15, -0.1) is 0 Å². The van der Waals surface area contributed by atoms with Crippen molar-refractivity contribution in [1.29, 1.82) is 0 Å². The zero-order valence-electron chi connectivity index (χ0n) is 9.21. The van der Waals surface area contributed by atoms with Crippen LogP contribution in [0.3, 0.4) is 0 Å². The maximum absolute atomic E-state index is 11.4. The van der Waals surface area contributed by atoms with Crippen molar-refractivity contribution in [2.75, 3.05) is 0 Å². The Morgan fingerprint density at radius 2 is 2.47 bits per heavy atom. The highest BCUT2D eigenvalue weighted by Crippen LogP contribution is 2.01. The molecule has 1 rings (SSSR count). The number of hydrogen-bond acceptors (Lipinski definition) is 2. The third kappa shape index (κ3) is 3.58. The lowest BCUT2D eigenvalue weighted by Crippen LogP contribution is -2.36. The first-order valence-corrected chi connectivity index (χ1v) is 5.08. The standard InChI is InChI=1S/C11H17N3O/c1-4-9(14-11(15)8(2)3)7-10-12-5-6-13-10/h5-6,9H,2,4,7H2,1,3H3,(H,12,13)(H,14,15). The lowest BCUT2D eigenvalue weighted by atomic mass is 10.1. The molecule has 0 spiro atoms. The molecule has 4 heteroatoms. The van der Waals surface area contributed by atoms with Crippen molar-refractivity contribution in [1.82, 2.24) is 15.3 Å². The molecule has 0 saturated carbocycles. The molecule has 2 N–H and O–H groups in total. The molecular weight excluding hydrogens is 190 g/mol. The van der Waals surface area contributed by atoms with Gasteiger partial charge in [-0.3, -0.25) is 4.79 Å². The summed E-state index contributed by atoms with van der Waals surface area (Å²) in [5.74, 6) is 0.803. The predicted molar refractivity (Wildman–Crippen MR) is 59.3 cm³/mol. The van der Waals surface area contributed by atoms with E-state index in [1.807, 2.05) is 6.92 Å². The van der Waals surface area contributed by atoms with Crippen LogP contribution in [0.4, 0.5) is 0 Å². The van der Waals surface area contributed by atoms with E-state index in [0.717, 1.165) is 18.7 Å². The van der Waals surface area contributed by atoms with Crippen LogP contribution in [0.5, 0.6) is 0 Å². The van der Waals surface area contributed by atoms with E-state index in [4.69, 9.17) is 0 Å². The van der Waals surface area contributed by atoms with Crippen LogP contribution in [-0.4, -0.2) is 21.9 Å². The fraction of sp³-hybridized carbons (Fsp3) is 0.455. The lowest BCUT2D eigenvalue weighted by molar-refractivity contribution is -0.118. The Morgan fingerprint density at radius 3 is 2.93 bits per heavy atom. The Kier molecular flexibility index (Phi) is 4.09. The van der Waals surface area contributed by atoms with Crippen LogP contribution in [-0.2, 0) is 11.2 Å². The number of rotatable bonds is 5. The van der Waals surface area contributed by atoms with Gasteiger partial charge in [-0.05, 0) is 13.3 Å². The summed E-state index contributed by atoms with van der Waals surface area (Å²) >= 11 is 0. The smallest absolute Gasteiger partial charge is 0.246 e. The molecule has 0 aliphatic rings. The van der Waals surface area contributed by atoms with Crippen molar-refractivity contribution in [2.45, 2.75) is 32.7 Å². The highest BCUT2D eigenvalue weighted by molar-refractivity contribution is 5.92. The van der Waals surface area contributed by atoms with Gasteiger partial charge in [0, 0.05) is 30.4 Å². The Bertz CT molecular complexity index is 330. The number of hydrogen-bond donors (Lipinski definition) is 2. The minimum Gasteiger partial charge on any atom is -0.349 e. The molecule has 0 radical (unpaired) electrons. The molecular formula is C11H17N3O. The summed E-state index contributed by atoms with van der Waals surface area (Å²) in [6.45, 7) is 7.34. The fourth-order valence-electron chi connectivity index (χ4n) is 1.25. The number of amides is 1. The summed E-state index contributed by atoms with van der Waals surface area (Å²) in [6.07, 6.45) is 5.09. The molecule has 15 heavy (non-hydrogen) atoms. The third-order valence-corrected chi connectivity index (χ3v) is 2.21. The Balaban J connectivity index is 2.50. The molecule has 1 unspecified atom stereocenters. The predicted octanol–water partition coefficient (Wildman–Crippen LogP) is 1.42. The van der Waals surface area contributed by atoms with Gasteiger partial charge in [-0.2, -0.15) is 0 Å². The van der Waals surface area contributed by atoms with E-state index in [-0.39, 0.29) is 11.9 Å². The maximum Gasteiger partial charge on any atom is 0.246 e. The van der Waals surface area contributed by atoms with Crippen molar-refractivity contribution in [2.24, 2.45) is 0 Å². The summed E-state index contributed by atoms with van der Waals surface area (Å²) in [7, 11) is 0. The van der Waals surface area contributed by atoms with Crippen molar-refractivity contribution >= 4 is 5.91 Å². The largest absolute Gasteiger partial charge is 0.349 e. The molecule has 0 bridgehead atoms. The molecule has 1 amide bonds. The summed E-state index contributed by atoms with van der Waals surface area (Å²) in [5.41, 5.74) is 0.535. The van der Waals surface area contributed by atoms with E-state index in [2.05, 4.69) is 21.9 Å². The van der Waals surface area contributed by atoms with Crippen molar-refractivity contribution in [3.8, 4) is 0 Å². The van der Waals surface area contributed by atoms with Crippen LogP contribution < -0.4 is 5.32 Å². The van der Waals surface area contributed by atoms with Crippen LogP contribution in [0.1, 0.15) is 26.1 Å². The van der Waals surface area contributed by atoms with Crippen molar-refractivity contribution < 1.29 is 4.79 Å². The molecule has 1 atom stereocenters. The van der Waals surface area contributed by atoms with Crippen LogP contribution in [0, 0.1) is 0 Å². The second kappa shape index (κ2) is 5.34. The highest BCUT2D eigenvalue weighted by atomic mass is 16.1. The number of carbonyl (C=O) groups is 1. The molecule has 82 valence electrons. The van der Waals surface area contributed by atoms with E-state index in [0.29, 0.717) is 5.57 Å². The summed E-state index contributed by atoms with van der Waals surface area (Å²) in [4.78, 5) is 18.5. The molecule has 0 aliphatic heterocycles. The minimum absolute atomic E-state index is 0.0894. The van der Waals surface area contributed by atoms with Crippen LogP contribution in [0.15, 0.2) is 24.5 Å². The monoisotopic (exact) mass is 207 g/mol. The van der Waals surface area contributed by atoms with Crippen molar-refractivity contribution in [3.63, 3.8) is 0 Å². The first-order chi connectivity index (χ1) is 7.13. The van der Waals surface area contributed by atoms with E-state index in [1.54, 1.807) is 19.3 Å². The number of imidazole rings is 1. The zero-order valence-corrected chi connectivity index (χ0v) is 9.21. The lowest BCUT2D eigenvalue weighted by Gasteiger charge is -2.15. The third-order valence-electron chi connectivity index (χ3n) is 2.21. The van der Waals surface area contributed by atoms with Gasteiger partial charge in [0.15, 0.2) is 0 Å². The highest BCUT2D eigenvalue weighted by Gasteiger charge is 2.12. The Hall–Kier alpha value is -1.58. The molecule has 0 aliphatic carbocycles. The second-order valence-electron chi connectivity index (χ2n) is 3.60. The quantitative estimate of drug-likeness (QED) is 0.717. The normalized spacial score (nSPS) is 12.1. The molecule has 0 aromatic carbocycles. The van der Waals surface area contributed by atoms with Gasteiger partial charge in [-0.1, -0.05) is 13.5 Å². The second-order valence-corrected chi connectivity index (χ2v) is 3.60. The zero-order chi connectivity index (χ0) is 11.3. The van der Waals surface area contributed by atoms with Crippen LogP contribution in [0.25, 0.3) is 0 Å². The van der Waals surface area contributed by atoms with E-state index >= 15 is 0 Å². The van der Waals surface area contributed by atoms with E-state index in [1.165, 1.54) is 0 Å². The van der Waals surface area contributed by atoms with Gasteiger partial charge in [0.05, 0.1) is 0 Å². The molecule has 1 aromatic rings. The Morgan fingerprint density at radius 1 is 1.73 bits per heavy atom. The summed E-state index contributed by atoms with van der Waals surface area (Å²) in [5, 5.41) is 2.91. The number of nitrogens with zero attached hydrogens (tertiary/aromatic N) is 1. The first-order valence-electron chi connectivity index (χ1n) is 5.08. The van der Waals surface area contributed by atoms with Gasteiger partial charge >= 0.3 is 0 Å². The first kappa shape index (κ1) is 11.5. The number of nitrogens with one attached hydrogen (secondary N) is 2. The Labute approximate surface area is 89.8 Å². The SMILES string of the molecule is C=C(C)C(=O)NC(CC)Cc1ncc[nH]1. The summed E-state index contributed by atoms with van der Waals surface area (Å²) in [6, 6.07) is 0.111.